The van der Waals surface area contributed by atoms with Gasteiger partial charge in [-0.2, -0.15) is 5.26 Å². The second kappa shape index (κ2) is 6.18. The van der Waals surface area contributed by atoms with Crippen LogP contribution in [-0.4, -0.2) is 13.7 Å². The summed E-state index contributed by atoms with van der Waals surface area (Å²) in [6.45, 7) is 3.01. The number of ether oxygens (including phenoxy) is 2. The first-order valence-electron chi connectivity index (χ1n) is 4.90. The molecular formula is C12H15NO2. The summed E-state index contributed by atoms with van der Waals surface area (Å²) in [5.41, 5.74) is 1.98. The van der Waals surface area contributed by atoms with Gasteiger partial charge in [-0.3, -0.25) is 0 Å². The molecule has 0 fully saturated rings. The van der Waals surface area contributed by atoms with Gasteiger partial charge < -0.3 is 9.47 Å². The molecule has 0 saturated carbocycles. The van der Waals surface area contributed by atoms with Crippen molar-refractivity contribution in [2.75, 3.05) is 13.7 Å². The van der Waals surface area contributed by atoms with E-state index in [2.05, 4.69) is 6.07 Å². The molecule has 1 aromatic rings. The van der Waals surface area contributed by atoms with Gasteiger partial charge in [0.15, 0.2) is 6.10 Å². The molecule has 80 valence electrons. The van der Waals surface area contributed by atoms with Crippen molar-refractivity contribution >= 4 is 0 Å². The Morgan fingerprint density at radius 3 is 2.47 bits per heavy atom. The molecule has 1 atom stereocenters. The van der Waals surface area contributed by atoms with E-state index in [1.165, 1.54) is 0 Å². The predicted molar refractivity (Wildman–Crippen MR) is 57.1 cm³/mol. The van der Waals surface area contributed by atoms with Crippen LogP contribution in [-0.2, 0) is 16.1 Å². The molecule has 0 aliphatic carbocycles. The molecule has 1 aromatic carbocycles. The molecule has 0 heterocycles. The summed E-state index contributed by atoms with van der Waals surface area (Å²) in [5, 5.41) is 8.88. The Bertz CT molecular complexity index is 326. The summed E-state index contributed by atoms with van der Waals surface area (Å²) >= 11 is 0. The van der Waals surface area contributed by atoms with E-state index in [-0.39, 0.29) is 0 Å². The smallest absolute Gasteiger partial charge is 0.169 e. The van der Waals surface area contributed by atoms with Crippen LogP contribution >= 0.6 is 0 Å². The minimum Gasteiger partial charge on any atom is -0.380 e. The van der Waals surface area contributed by atoms with Crippen molar-refractivity contribution < 1.29 is 9.47 Å². The van der Waals surface area contributed by atoms with Gasteiger partial charge in [-0.1, -0.05) is 24.3 Å². The SMILES string of the molecule is CCOC(C#N)c1ccc(COC)cc1. The van der Waals surface area contributed by atoms with Gasteiger partial charge in [0.05, 0.1) is 12.7 Å². The van der Waals surface area contributed by atoms with Crippen molar-refractivity contribution in [2.45, 2.75) is 19.6 Å². The highest BCUT2D eigenvalue weighted by atomic mass is 16.5. The molecule has 0 spiro atoms. The lowest BCUT2D eigenvalue weighted by Crippen LogP contribution is -2.01. The molecule has 1 unspecified atom stereocenters. The van der Waals surface area contributed by atoms with Crippen LogP contribution in [0.25, 0.3) is 0 Å². The molecule has 0 aromatic heterocycles. The van der Waals surface area contributed by atoms with E-state index < -0.39 is 6.10 Å². The minimum absolute atomic E-state index is 0.466. The van der Waals surface area contributed by atoms with Crippen LogP contribution in [0, 0.1) is 11.3 Å². The first-order chi connectivity index (χ1) is 7.31. The number of nitriles is 1. The van der Waals surface area contributed by atoms with E-state index in [4.69, 9.17) is 14.7 Å². The molecule has 0 radical (unpaired) electrons. The molecule has 0 amide bonds. The van der Waals surface area contributed by atoms with Gasteiger partial charge in [0.2, 0.25) is 0 Å². The molecule has 0 aliphatic heterocycles. The normalized spacial score (nSPS) is 12.1. The number of benzene rings is 1. The first kappa shape index (κ1) is 11.7. The molecule has 0 saturated heterocycles. The molecular weight excluding hydrogens is 190 g/mol. The summed E-state index contributed by atoms with van der Waals surface area (Å²) in [4.78, 5) is 0. The Labute approximate surface area is 90.2 Å². The highest BCUT2D eigenvalue weighted by Crippen LogP contribution is 2.17. The topological polar surface area (TPSA) is 42.2 Å². The third-order valence-electron chi connectivity index (χ3n) is 2.04. The van der Waals surface area contributed by atoms with E-state index in [0.29, 0.717) is 13.2 Å². The highest BCUT2D eigenvalue weighted by molar-refractivity contribution is 5.26. The summed E-state index contributed by atoms with van der Waals surface area (Å²) < 4.78 is 10.3. The molecule has 0 bridgehead atoms. The Morgan fingerprint density at radius 2 is 2.00 bits per heavy atom. The number of methoxy groups -OCH3 is 1. The third kappa shape index (κ3) is 3.35. The summed E-state index contributed by atoms with van der Waals surface area (Å²) in [6.07, 6.45) is -0.466. The van der Waals surface area contributed by atoms with E-state index in [0.717, 1.165) is 11.1 Å². The first-order valence-corrected chi connectivity index (χ1v) is 4.90. The van der Waals surface area contributed by atoms with Gasteiger partial charge in [0.1, 0.15) is 0 Å². The quantitative estimate of drug-likeness (QED) is 0.741. The number of hydrogen-bond acceptors (Lipinski definition) is 3. The number of nitrogens with zero attached hydrogens (tertiary/aromatic N) is 1. The van der Waals surface area contributed by atoms with Crippen LogP contribution < -0.4 is 0 Å². The van der Waals surface area contributed by atoms with Gasteiger partial charge >= 0.3 is 0 Å². The van der Waals surface area contributed by atoms with Crippen LogP contribution in [0.3, 0.4) is 0 Å². The maximum atomic E-state index is 8.88. The van der Waals surface area contributed by atoms with Crippen molar-refractivity contribution in [3.63, 3.8) is 0 Å². The van der Waals surface area contributed by atoms with Crippen molar-refractivity contribution in [1.29, 1.82) is 5.26 Å². The zero-order valence-electron chi connectivity index (χ0n) is 9.06. The van der Waals surface area contributed by atoms with Crippen molar-refractivity contribution in [2.24, 2.45) is 0 Å². The van der Waals surface area contributed by atoms with Crippen LogP contribution in [0.15, 0.2) is 24.3 Å². The maximum Gasteiger partial charge on any atom is 0.169 e. The van der Waals surface area contributed by atoms with Gasteiger partial charge in [-0.25, -0.2) is 0 Å². The highest BCUT2D eigenvalue weighted by Gasteiger charge is 2.09. The second-order valence-corrected chi connectivity index (χ2v) is 3.14. The average Bonchev–Trinajstić information content (AvgIpc) is 2.28. The lowest BCUT2D eigenvalue weighted by molar-refractivity contribution is 0.102. The third-order valence-corrected chi connectivity index (χ3v) is 2.04. The Balaban J connectivity index is 2.74. The largest absolute Gasteiger partial charge is 0.380 e. The monoisotopic (exact) mass is 205 g/mol. The standard InChI is InChI=1S/C12H15NO2/c1-3-15-12(8-13)11-6-4-10(5-7-11)9-14-2/h4-7,12H,3,9H2,1-2H3. The number of hydrogen-bond donors (Lipinski definition) is 0. The van der Waals surface area contributed by atoms with E-state index in [9.17, 15) is 0 Å². The maximum absolute atomic E-state index is 8.88. The van der Waals surface area contributed by atoms with E-state index in [1.54, 1.807) is 7.11 Å². The van der Waals surface area contributed by atoms with Crippen LogP contribution in [0.1, 0.15) is 24.2 Å². The van der Waals surface area contributed by atoms with Gasteiger partial charge in [-0.05, 0) is 18.1 Å². The van der Waals surface area contributed by atoms with Crippen LogP contribution in [0.4, 0.5) is 0 Å². The summed E-state index contributed by atoms with van der Waals surface area (Å²) in [7, 11) is 1.66. The second-order valence-electron chi connectivity index (χ2n) is 3.14. The fourth-order valence-electron chi connectivity index (χ4n) is 1.33. The van der Waals surface area contributed by atoms with Gasteiger partial charge in [0.25, 0.3) is 0 Å². The molecule has 0 N–H and O–H groups in total. The van der Waals surface area contributed by atoms with Crippen LogP contribution in [0.2, 0.25) is 0 Å². The zero-order valence-corrected chi connectivity index (χ0v) is 9.06. The molecule has 3 heteroatoms. The summed E-state index contributed by atoms with van der Waals surface area (Å²) in [5.74, 6) is 0. The molecule has 15 heavy (non-hydrogen) atoms. The van der Waals surface area contributed by atoms with Crippen molar-refractivity contribution in [3.8, 4) is 6.07 Å². The van der Waals surface area contributed by atoms with Gasteiger partial charge in [0, 0.05) is 13.7 Å². The molecule has 3 nitrogen and oxygen atoms in total. The lowest BCUT2D eigenvalue weighted by Gasteiger charge is -2.09. The summed E-state index contributed by atoms with van der Waals surface area (Å²) in [6, 6.07) is 9.81. The fourth-order valence-corrected chi connectivity index (χ4v) is 1.33. The molecule has 1 rings (SSSR count). The van der Waals surface area contributed by atoms with E-state index >= 15 is 0 Å². The van der Waals surface area contributed by atoms with Crippen molar-refractivity contribution in [3.05, 3.63) is 35.4 Å². The fraction of sp³-hybridized carbons (Fsp3) is 0.417. The van der Waals surface area contributed by atoms with Gasteiger partial charge in [-0.15, -0.1) is 0 Å². The molecule has 0 aliphatic rings. The minimum atomic E-state index is -0.466. The Kier molecular flexibility index (Phi) is 4.82. The average molecular weight is 205 g/mol. The Morgan fingerprint density at radius 1 is 1.33 bits per heavy atom. The Hall–Kier alpha value is -1.37. The predicted octanol–water partition coefficient (Wildman–Crippen LogP) is 2.43. The lowest BCUT2D eigenvalue weighted by atomic mass is 10.1. The zero-order chi connectivity index (χ0) is 11.1. The van der Waals surface area contributed by atoms with Crippen molar-refractivity contribution in [1.82, 2.24) is 0 Å². The van der Waals surface area contributed by atoms with E-state index in [1.807, 2.05) is 31.2 Å². The number of rotatable bonds is 5. The van der Waals surface area contributed by atoms with Crippen LogP contribution in [0.5, 0.6) is 0 Å².